The molecule has 10 nitrogen and oxygen atoms in total. The molecule has 0 saturated heterocycles. The molecule has 0 aromatic carbocycles. The predicted molar refractivity (Wildman–Crippen MR) is 87.5 cm³/mol. The number of tetrazole rings is 1. The van der Waals surface area contributed by atoms with Crippen LogP contribution in [0, 0.1) is 13.8 Å². The van der Waals surface area contributed by atoms with E-state index in [0.717, 1.165) is 17.0 Å². The lowest BCUT2D eigenvalue weighted by molar-refractivity contribution is 0.179. The maximum Gasteiger partial charge on any atom is 0.258 e. The fourth-order valence-electron chi connectivity index (χ4n) is 2.03. The van der Waals surface area contributed by atoms with Gasteiger partial charge < -0.3 is 14.0 Å². The molecule has 0 amide bonds. The van der Waals surface area contributed by atoms with Gasteiger partial charge in [-0.25, -0.2) is 4.98 Å². The average molecular weight is 363 g/mol. The zero-order chi connectivity index (χ0) is 17.8. The second kappa shape index (κ2) is 7.57. The van der Waals surface area contributed by atoms with E-state index in [4.69, 9.17) is 14.0 Å². The molecule has 3 rings (SSSR count). The molecule has 11 heteroatoms. The molecule has 0 aliphatic heterocycles. The normalized spacial score (nSPS) is 11.0. The van der Waals surface area contributed by atoms with Crippen molar-refractivity contribution in [2.45, 2.75) is 32.2 Å². The lowest BCUT2D eigenvalue weighted by Crippen LogP contribution is -2.08. The standard InChI is InChI=1S/C14H17N7O3S/c1-8-9(2)18-24-13(8)21-11(17-19-20-21)7-23-12-5-10(6-22-3)15-14(16-12)25-4/h5H,6-7H2,1-4H3. The number of hydrogen-bond donors (Lipinski definition) is 0. The van der Waals surface area contributed by atoms with Gasteiger partial charge in [0.25, 0.3) is 5.88 Å². The van der Waals surface area contributed by atoms with Crippen molar-refractivity contribution >= 4 is 11.8 Å². The fourth-order valence-corrected chi connectivity index (χ4v) is 2.42. The fraction of sp³-hybridized carbons (Fsp3) is 0.429. The van der Waals surface area contributed by atoms with Gasteiger partial charge in [-0.1, -0.05) is 16.9 Å². The van der Waals surface area contributed by atoms with Gasteiger partial charge in [0.15, 0.2) is 17.6 Å². The highest BCUT2D eigenvalue weighted by molar-refractivity contribution is 7.98. The molecule has 0 radical (unpaired) electrons. The van der Waals surface area contributed by atoms with E-state index in [-0.39, 0.29) is 6.61 Å². The molecule has 0 fully saturated rings. The number of methoxy groups -OCH3 is 1. The summed E-state index contributed by atoms with van der Waals surface area (Å²) in [7, 11) is 1.61. The van der Waals surface area contributed by atoms with Gasteiger partial charge in [-0.15, -0.1) is 5.10 Å². The van der Waals surface area contributed by atoms with Crippen molar-refractivity contribution in [3.05, 3.63) is 28.8 Å². The van der Waals surface area contributed by atoms with E-state index in [1.54, 1.807) is 13.2 Å². The van der Waals surface area contributed by atoms with Gasteiger partial charge in [0.2, 0.25) is 5.88 Å². The van der Waals surface area contributed by atoms with Crippen LogP contribution in [-0.2, 0) is 18.0 Å². The van der Waals surface area contributed by atoms with Crippen LogP contribution in [0.1, 0.15) is 22.8 Å². The van der Waals surface area contributed by atoms with E-state index in [9.17, 15) is 0 Å². The second-order valence-corrected chi connectivity index (χ2v) is 5.88. The van der Waals surface area contributed by atoms with Crippen molar-refractivity contribution in [2.75, 3.05) is 13.4 Å². The minimum Gasteiger partial charge on any atom is -0.469 e. The summed E-state index contributed by atoms with van der Waals surface area (Å²) in [6, 6.07) is 1.72. The van der Waals surface area contributed by atoms with Crippen molar-refractivity contribution in [3.63, 3.8) is 0 Å². The van der Waals surface area contributed by atoms with Gasteiger partial charge in [0.1, 0.15) is 0 Å². The Morgan fingerprint density at radius 2 is 2.08 bits per heavy atom. The van der Waals surface area contributed by atoms with E-state index in [0.29, 0.717) is 29.4 Å². The highest BCUT2D eigenvalue weighted by Gasteiger charge is 2.17. The van der Waals surface area contributed by atoms with Crippen LogP contribution in [0.3, 0.4) is 0 Å². The largest absolute Gasteiger partial charge is 0.469 e. The van der Waals surface area contributed by atoms with Crippen molar-refractivity contribution in [1.29, 1.82) is 0 Å². The maximum absolute atomic E-state index is 5.74. The lowest BCUT2D eigenvalue weighted by Gasteiger charge is -2.08. The number of hydrogen-bond acceptors (Lipinski definition) is 10. The Hall–Kier alpha value is -2.53. The van der Waals surface area contributed by atoms with Gasteiger partial charge >= 0.3 is 0 Å². The Labute approximate surface area is 147 Å². The number of ether oxygens (including phenoxy) is 2. The van der Waals surface area contributed by atoms with E-state index in [1.165, 1.54) is 16.4 Å². The van der Waals surface area contributed by atoms with E-state index in [2.05, 4.69) is 30.7 Å². The molecule has 0 atom stereocenters. The highest BCUT2D eigenvalue weighted by atomic mass is 32.2. The van der Waals surface area contributed by atoms with Crippen LogP contribution in [0.25, 0.3) is 5.88 Å². The Morgan fingerprint density at radius 3 is 2.76 bits per heavy atom. The second-order valence-electron chi connectivity index (χ2n) is 5.11. The Bertz CT molecular complexity index is 864. The van der Waals surface area contributed by atoms with Crippen LogP contribution in [0.5, 0.6) is 5.88 Å². The van der Waals surface area contributed by atoms with Gasteiger partial charge in [-0.05, 0) is 30.5 Å². The summed E-state index contributed by atoms with van der Waals surface area (Å²) in [5, 5.41) is 16.1. The predicted octanol–water partition coefficient (Wildman–Crippen LogP) is 1.50. The molecule has 0 aliphatic rings. The van der Waals surface area contributed by atoms with E-state index in [1.807, 2.05) is 20.1 Å². The first kappa shape index (κ1) is 17.3. The molecule has 0 unspecified atom stereocenters. The van der Waals surface area contributed by atoms with Crippen LogP contribution < -0.4 is 4.74 Å². The van der Waals surface area contributed by atoms with Gasteiger partial charge in [-0.3, -0.25) is 0 Å². The molecule has 3 aromatic heterocycles. The van der Waals surface area contributed by atoms with Crippen molar-refractivity contribution in [3.8, 4) is 11.8 Å². The summed E-state index contributed by atoms with van der Waals surface area (Å²) in [5.74, 6) is 1.36. The number of aromatic nitrogens is 7. The molecule has 25 heavy (non-hydrogen) atoms. The Balaban J connectivity index is 1.80. The molecular weight excluding hydrogens is 346 g/mol. The van der Waals surface area contributed by atoms with E-state index < -0.39 is 0 Å². The third kappa shape index (κ3) is 3.77. The Morgan fingerprint density at radius 1 is 1.24 bits per heavy atom. The van der Waals surface area contributed by atoms with Crippen LogP contribution in [-0.4, -0.2) is 48.7 Å². The molecule has 3 aromatic rings. The molecule has 0 bridgehead atoms. The Kier molecular flexibility index (Phi) is 5.24. The molecule has 0 aliphatic carbocycles. The summed E-state index contributed by atoms with van der Waals surface area (Å²) < 4.78 is 17.6. The first-order valence-electron chi connectivity index (χ1n) is 7.36. The topological polar surface area (TPSA) is 114 Å². The maximum atomic E-state index is 5.74. The van der Waals surface area contributed by atoms with Crippen LogP contribution >= 0.6 is 11.8 Å². The number of nitrogens with zero attached hydrogens (tertiary/aromatic N) is 7. The summed E-state index contributed by atoms with van der Waals surface area (Å²) in [6.07, 6.45) is 1.89. The lowest BCUT2D eigenvalue weighted by atomic mass is 10.3. The highest BCUT2D eigenvalue weighted by Crippen LogP contribution is 2.19. The quantitative estimate of drug-likeness (QED) is 0.452. The zero-order valence-corrected chi connectivity index (χ0v) is 15.1. The molecule has 0 saturated carbocycles. The van der Waals surface area contributed by atoms with Crippen molar-refractivity contribution in [2.24, 2.45) is 0 Å². The molecular formula is C14H17N7O3S. The zero-order valence-electron chi connectivity index (χ0n) is 14.3. The minimum atomic E-state index is 0.115. The van der Waals surface area contributed by atoms with Crippen molar-refractivity contribution < 1.29 is 14.0 Å². The molecule has 0 spiro atoms. The van der Waals surface area contributed by atoms with Crippen LogP contribution in [0.4, 0.5) is 0 Å². The van der Waals surface area contributed by atoms with Crippen LogP contribution in [0.2, 0.25) is 0 Å². The summed E-state index contributed by atoms with van der Waals surface area (Å²) >= 11 is 1.42. The third-order valence-corrected chi connectivity index (χ3v) is 3.97. The SMILES string of the molecule is COCc1cc(OCc2nnnn2-c2onc(C)c2C)nc(SC)n1. The molecule has 0 N–H and O–H groups in total. The molecule has 3 heterocycles. The minimum absolute atomic E-state index is 0.115. The summed E-state index contributed by atoms with van der Waals surface area (Å²) in [4.78, 5) is 8.66. The number of aryl methyl sites for hydroxylation is 1. The van der Waals surface area contributed by atoms with Gasteiger partial charge in [-0.2, -0.15) is 9.67 Å². The van der Waals surface area contributed by atoms with Crippen molar-refractivity contribution in [1.82, 2.24) is 35.3 Å². The smallest absolute Gasteiger partial charge is 0.258 e. The third-order valence-electron chi connectivity index (χ3n) is 3.42. The molecule has 132 valence electrons. The average Bonchev–Trinajstić information content (AvgIpc) is 3.20. The number of rotatable bonds is 7. The number of thioether (sulfide) groups is 1. The van der Waals surface area contributed by atoms with Crippen LogP contribution in [0.15, 0.2) is 15.7 Å². The monoisotopic (exact) mass is 363 g/mol. The first-order valence-corrected chi connectivity index (χ1v) is 8.59. The summed E-state index contributed by atoms with van der Waals surface area (Å²) in [6.45, 7) is 4.23. The summed E-state index contributed by atoms with van der Waals surface area (Å²) in [5.41, 5.74) is 2.38. The van der Waals surface area contributed by atoms with Gasteiger partial charge in [0, 0.05) is 18.7 Å². The van der Waals surface area contributed by atoms with E-state index >= 15 is 0 Å². The van der Waals surface area contributed by atoms with Gasteiger partial charge in [0.05, 0.1) is 18.0 Å². The first-order chi connectivity index (χ1) is 12.1.